The molecule has 14 aromatic rings. The molecule has 5 atom stereocenters. The molecule has 5 aliphatic heterocycles. The molecule has 0 amide bonds. The van der Waals surface area contributed by atoms with E-state index in [1.54, 1.807) is 61.8 Å². The van der Waals surface area contributed by atoms with Gasteiger partial charge >= 0.3 is 29.6 Å². The molecule has 19 N–H and O–H groups in total. The maximum absolute atomic E-state index is 10.2. The molecule has 766 valence electrons. The van der Waals surface area contributed by atoms with Gasteiger partial charge in [0.05, 0.1) is 82.1 Å². The predicted molar refractivity (Wildman–Crippen MR) is 606 cm³/mol. The number of rotatable bonds is 10. The molecular formula is C106H115Br3Cl4FN28NaS5. The fourth-order valence-electron chi connectivity index (χ4n) is 21.9. The Morgan fingerprint density at radius 1 is 0.318 bits per heavy atom. The number of piperidine rings is 5. The Morgan fingerprint density at radius 3 is 0.764 bits per heavy atom. The molecular weight excluding hydrogens is 2250 g/mol. The van der Waals surface area contributed by atoms with Crippen LogP contribution < -0.4 is 106 Å². The minimum atomic E-state index is 0. The van der Waals surface area contributed by atoms with Crippen LogP contribution in [0.15, 0.2) is 281 Å². The maximum Gasteiger partial charge on any atom is 1.00 e. The van der Waals surface area contributed by atoms with Crippen LogP contribution in [0, 0.1) is 27.1 Å². The number of fused-ring (bicyclic) bond motifs is 5. The fraction of sp³-hybridized carbons (Fsp3) is 0.340. The number of aromatic nitrogens is 14. The number of pyridine rings is 4. The third-order valence-electron chi connectivity index (χ3n) is 30.1. The van der Waals surface area contributed by atoms with Gasteiger partial charge in [-0.3, -0.25) is 0 Å². The van der Waals surface area contributed by atoms with Crippen LogP contribution in [0.25, 0.3) is 0 Å². The molecule has 5 aromatic carbocycles. The van der Waals surface area contributed by atoms with Gasteiger partial charge in [0.25, 0.3) is 0 Å². The fourth-order valence-corrected chi connectivity index (χ4v) is 25.7. The van der Waals surface area contributed by atoms with Gasteiger partial charge in [-0.1, -0.05) is 209 Å². The van der Waals surface area contributed by atoms with Crippen LogP contribution in [0.1, 0.15) is 150 Å². The third-order valence-corrected chi connectivity index (χ3v) is 36.6. The Hall–Kier alpha value is -8.59. The van der Waals surface area contributed by atoms with Crippen molar-refractivity contribution in [2.45, 2.75) is 161 Å². The summed E-state index contributed by atoms with van der Waals surface area (Å²) in [5.74, 6) is 4.92. The number of halogens is 8. The molecule has 148 heavy (non-hydrogen) atoms. The molecule has 0 saturated carbocycles. The maximum atomic E-state index is 10.2. The van der Waals surface area contributed by atoms with Gasteiger partial charge in [0.2, 0.25) is 0 Å². The third kappa shape index (κ3) is 26.0. The van der Waals surface area contributed by atoms with E-state index in [0.717, 1.165) is 209 Å². The zero-order valence-corrected chi connectivity index (χ0v) is 95.7. The molecule has 9 aromatic heterocycles. The summed E-state index contributed by atoms with van der Waals surface area (Å²) in [7, 11) is 0. The summed E-state index contributed by atoms with van der Waals surface area (Å²) in [6.45, 7) is 9.89. The average Bonchev–Trinajstić information content (AvgIpc) is 1.56. The van der Waals surface area contributed by atoms with E-state index in [-0.39, 0.29) is 93.6 Å². The molecule has 5 spiro atoms. The molecule has 3 unspecified atom stereocenters. The summed E-state index contributed by atoms with van der Waals surface area (Å²) in [6.07, 6.45) is 42.1. The van der Waals surface area contributed by atoms with Crippen LogP contribution in [-0.2, 0) is 44.7 Å². The van der Waals surface area contributed by atoms with Crippen molar-refractivity contribution in [3.05, 3.63) is 322 Å². The minimum absolute atomic E-state index is 0. The number of nitrogens with one attached hydrogen (secondary N) is 1. The van der Waals surface area contributed by atoms with Crippen LogP contribution in [-0.4, -0.2) is 141 Å². The van der Waals surface area contributed by atoms with E-state index in [9.17, 15) is 3.89 Å². The normalized spacial score (nSPS) is 19.5. The van der Waals surface area contributed by atoms with Gasteiger partial charge in [0.1, 0.15) is 75.4 Å². The van der Waals surface area contributed by atoms with E-state index in [1.807, 2.05) is 43.0 Å². The average molecular weight is 2370 g/mol. The van der Waals surface area contributed by atoms with E-state index in [2.05, 4.69) is 264 Å². The van der Waals surface area contributed by atoms with Gasteiger partial charge in [-0.05, 0) is 258 Å². The number of nitrogen functional groups attached to an aromatic ring is 4. The van der Waals surface area contributed by atoms with Gasteiger partial charge < -0.3 is 89.1 Å². The smallest absolute Gasteiger partial charge is 0.778 e. The zero-order chi connectivity index (χ0) is 103. The topological polar surface area (TPSA) is 440 Å². The molecule has 24 rings (SSSR count). The van der Waals surface area contributed by atoms with Crippen LogP contribution in [0.4, 0.5) is 50.4 Å². The van der Waals surface area contributed by atoms with E-state index in [1.165, 1.54) is 123 Å². The SMILES string of the molecule is Brc1cnc(Br)cn1.CSF.NC1c2ccccc2CC12CCN(c1cnc(Br)cn1)CC2.NC1c2ccccc2CC12CCNCC2.Nc1nccc(Sc2cnc(N3CCC4(CC3)Cc3ccccc3C4N)cn2)c1Cl.Nc1nccc(Sc2cnc(N3CCC4(CC3)Cc3ccccc3[C@@H]4N)cn2)c1Cl.Nc1nccc(Sc2cnc(N3CCC4(CC3)Cc3ccccc3[C@H]4N)cn2)c1Cl.Nc1nccc([S-])c1Cl.[Na+]. The molecule has 5 saturated heterocycles. The Labute approximate surface area is 952 Å². The molecule has 10 aliphatic rings. The van der Waals surface area contributed by atoms with Gasteiger partial charge in [0, 0.05) is 140 Å². The zero-order valence-electron chi connectivity index (χ0n) is 81.8. The number of benzene rings is 5. The van der Waals surface area contributed by atoms with E-state index in [4.69, 9.17) is 111 Å². The quantitative estimate of drug-likeness (QED) is 0.0449. The van der Waals surface area contributed by atoms with Crippen molar-refractivity contribution in [2.24, 2.45) is 55.7 Å². The van der Waals surface area contributed by atoms with Gasteiger partial charge in [-0.25, -0.2) is 69.8 Å². The molecule has 0 bridgehead atoms. The largest absolute Gasteiger partial charge is 1.00 e. The Balaban J connectivity index is 0.000000127. The number of nitrogens with two attached hydrogens (primary N) is 9. The Kier molecular flexibility index (Phi) is 38.6. The van der Waals surface area contributed by atoms with E-state index in [0.29, 0.717) is 53.7 Å². The van der Waals surface area contributed by atoms with Gasteiger partial charge in [-0.2, -0.15) is 8.78 Å². The van der Waals surface area contributed by atoms with E-state index < -0.39 is 0 Å². The first-order chi connectivity index (χ1) is 71.1. The standard InChI is InChI=1S/3C22H23ClN6S.C17H19BrN4.C13H18N2.C5H5ClN2S.C4H2Br2N2.CH3FS.Na/c3*23-19-16(5-8-26-21(19)25)30-18-13-27-17(12-28-18)29-9-6-22(7-10-29)11-14-3-1-2-4-15(14)20(22)24;18-14-10-21-15(11-20-14)22-7-5-17(6-8-22)9-12-3-1-2-4-13(12)16(17)19;14-12-11-4-2-1-3-10(11)9-13(12)5-7-15-8-6-13;6-4-3(9)1-2-8-5(4)7;5-3-1-7-4(6)2-8-3;1-3-2;/h3*1-5,8,12-13,20H,6-7,9-11,24H2,(H2,25,26);1-4,10-11,16H,5-9,19H2;1-4,12,15H,5-9,14H2;1-2H,(H3,7,8,9);1-2H;1H3;/q;;;;;;;;+1/p-1/t2*20-;;;;;;;/m10......./s1. The summed E-state index contributed by atoms with van der Waals surface area (Å²) in [4.78, 5) is 72.1. The first-order valence-electron chi connectivity index (χ1n) is 48.5. The first kappa shape index (κ1) is 112. The Bertz CT molecular complexity index is 6360. The van der Waals surface area contributed by atoms with Crippen LogP contribution in [0.2, 0.25) is 20.1 Å². The summed E-state index contributed by atoms with van der Waals surface area (Å²) < 4.78 is 12.5. The predicted octanol–water partition coefficient (Wildman–Crippen LogP) is 18.5. The molecule has 5 fully saturated rings. The molecule has 28 nitrogen and oxygen atoms in total. The minimum Gasteiger partial charge on any atom is -0.778 e. The van der Waals surface area contributed by atoms with Crippen LogP contribution in [0.5, 0.6) is 0 Å². The van der Waals surface area contributed by atoms with Crippen molar-refractivity contribution < 1.29 is 33.4 Å². The Morgan fingerprint density at radius 2 is 0.541 bits per heavy atom. The summed E-state index contributed by atoms with van der Waals surface area (Å²) in [6, 6.07) is 51.1. The first-order valence-corrected chi connectivity index (χ1v) is 56.4. The van der Waals surface area contributed by atoms with Gasteiger partial charge in [0.15, 0.2) is 0 Å². The van der Waals surface area contributed by atoms with Crippen molar-refractivity contribution in [1.29, 1.82) is 0 Å². The second kappa shape index (κ2) is 51.0. The van der Waals surface area contributed by atoms with Crippen molar-refractivity contribution >= 4 is 201 Å². The molecule has 14 heterocycles. The molecule has 5 aliphatic carbocycles. The number of hydrogen-bond acceptors (Lipinski definition) is 33. The van der Waals surface area contributed by atoms with Crippen molar-refractivity contribution in [3.63, 3.8) is 0 Å². The number of hydrogen-bond donors (Lipinski definition) is 10. The van der Waals surface area contributed by atoms with Crippen molar-refractivity contribution in [3.8, 4) is 0 Å². The van der Waals surface area contributed by atoms with E-state index >= 15 is 0 Å². The number of anilines is 8. The van der Waals surface area contributed by atoms with Gasteiger partial charge in [-0.15, -0.1) is 0 Å². The van der Waals surface area contributed by atoms with Crippen molar-refractivity contribution in [2.75, 3.05) is 114 Å². The summed E-state index contributed by atoms with van der Waals surface area (Å²) in [5.41, 5.74) is 70.7. The van der Waals surface area contributed by atoms with Crippen LogP contribution >= 0.6 is 142 Å². The molecule has 0 radical (unpaired) electrons. The van der Waals surface area contributed by atoms with Crippen molar-refractivity contribution in [1.82, 2.24) is 75.1 Å². The van der Waals surface area contributed by atoms with Crippen LogP contribution in [0.3, 0.4) is 0 Å². The molecule has 42 heteroatoms. The summed E-state index contributed by atoms with van der Waals surface area (Å²) >= 11 is 43.2. The summed E-state index contributed by atoms with van der Waals surface area (Å²) in [5, 5.41) is 7.45. The number of nitrogens with zero attached hydrogens (tertiary/aromatic N) is 18. The second-order valence-electron chi connectivity index (χ2n) is 38.3. The monoisotopic (exact) mass is 2360 g/mol. The second-order valence-corrected chi connectivity index (χ2v) is 46.2.